The molecule has 1 unspecified atom stereocenters. The number of benzene rings is 1. The Bertz CT molecular complexity index is 1010. The van der Waals surface area contributed by atoms with Crippen molar-refractivity contribution in [1.29, 1.82) is 0 Å². The van der Waals surface area contributed by atoms with Gasteiger partial charge in [0.15, 0.2) is 0 Å². The van der Waals surface area contributed by atoms with E-state index in [9.17, 15) is 4.79 Å². The fraction of sp³-hybridized carbons (Fsp3) is 0.462. The lowest BCUT2D eigenvalue weighted by Gasteiger charge is -2.29. The molecule has 0 radical (unpaired) electrons. The predicted octanol–water partition coefficient (Wildman–Crippen LogP) is 4.05. The number of H-pyrrole nitrogens is 1. The third-order valence-electron chi connectivity index (χ3n) is 7.06. The molecule has 5 nitrogen and oxygen atoms in total. The minimum atomic E-state index is 0.240. The van der Waals surface area contributed by atoms with E-state index in [-0.39, 0.29) is 5.91 Å². The van der Waals surface area contributed by atoms with Gasteiger partial charge >= 0.3 is 0 Å². The second-order valence-corrected chi connectivity index (χ2v) is 9.20. The van der Waals surface area contributed by atoms with Crippen LogP contribution >= 0.6 is 0 Å². The molecule has 162 valence electrons. The molecule has 1 saturated carbocycles. The van der Waals surface area contributed by atoms with E-state index in [1.165, 1.54) is 25.7 Å². The first-order valence-electron chi connectivity index (χ1n) is 11.7. The minimum absolute atomic E-state index is 0.240. The van der Waals surface area contributed by atoms with Gasteiger partial charge in [0, 0.05) is 61.2 Å². The van der Waals surface area contributed by atoms with Crippen LogP contribution in [0, 0.1) is 5.92 Å². The molecule has 1 aromatic carbocycles. The predicted molar refractivity (Wildman–Crippen MR) is 124 cm³/mol. The van der Waals surface area contributed by atoms with Crippen LogP contribution in [0.15, 0.2) is 54.9 Å². The van der Waals surface area contributed by atoms with Crippen LogP contribution in [0.3, 0.4) is 0 Å². The first-order valence-corrected chi connectivity index (χ1v) is 11.7. The number of nitrogens with zero attached hydrogens (tertiary/aromatic N) is 3. The minimum Gasteiger partial charge on any atom is -0.361 e. The maximum absolute atomic E-state index is 13.4. The van der Waals surface area contributed by atoms with E-state index in [1.54, 1.807) is 0 Å². The van der Waals surface area contributed by atoms with Crippen LogP contribution in [-0.2, 0) is 17.6 Å². The van der Waals surface area contributed by atoms with Gasteiger partial charge in [-0.2, -0.15) is 0 Å². The number of aromatic nitrogens is 2. The summed E-state index contributed by atoms with van der Waals surface area (Å²) in [6.45, 7) is 3.71. The lowest BCUT2D eigenvalue weighted by molar-refractivity contribution is -0.130. The van der Waals surface area contributed by atoms with E-state index in [1.807, 2.05) is 30.6 Å². The van der Waals surface area contributed by atoms with Crippen molar-refractivity contribution in [3.05, 3.63) is 66.1 Å². The normalized spacial score (nSPS) is 20.9. The van der Waals surface area contributed by atoms with Gasteiger partial charge in [0.1, 0.15) is 0 Å². The summed E-state index contributed by atoms with van der Waals surface area (Å²) in [5.41, 5.74) is 3.32. The highest BCUT2D eigenvalue weighted by Gasteiger charge is 2.31. The molecule has 0 spiro atoms. The topological polar surface area (TPSA) is 52.2 Å². The van der Waals surface area contributed by atoms with Crippen LogP contribution < -0.4 is 0 Å². The smallest absolute Gasteiger partial charge is 0.227 e. The molecule has 2 aromatic heterocycles. The van der Waals surface area contributed by atoms with E-state index in [0.29, 0.717) is 18.4 Å². The Balaban J connectivity index is 1.32. The maximum atomic E-state index is 13.4. The van der Waals surface area contributed by atoms with Gasteiger partial charge < -0.3 is 9.88 Å². The summed E-state index contributed by atoms with van der Waals surface area (Å²) in [4.78, 5) is 26.0. The molecule has 1 amide bonds. The molecule has 5 rings (SSSR count). The number of hydrogen-bond donors (Lipinski definition) is 1. The van der Waals surface area contributed by atoms with Crippen LogP contribution in [0.2, 0.25) is 0 Å². The number of rotatable bonds is 5. The van der Waals surface area contributed by atoms with Gasteiger partial charge in [0.25, 0.3) is 0 Å². The molecule has 3 heterocycles. The van der Waals surface area contributed by atoms with Crippen molar-refractivity contribution in [2.24, 2.45) is 5.92 Å². The van der Waals surface area contributed by atoms with E-state index in [4.69, 9.17) is 0 Å². The van der Waals surface area contributed by atoms with Crippen molar-refractivity contribution in [1.82, 2.24) is 19.8 Å². The van der Waals surface area contributed by atoms with Crippen LogP contribution in [-0.4, -0.2) is 57.9 Å². The van der Waals surface area contributed by atoms with Gasteiger partial charge in [-0.3, -0.25) is 14.7 Å². The quantitative estimate of drug-likeness (QED) is 0.683. The fourth-order valence-electron chi connectivity index (χ4n) is 5.46. The number of hydrogen-bond acceptors (Lipinski definition) is 3. The Kier molecular flexibility index (Phi) is 6.03. The molecular formula is C26H32N4O. The number of carbonyl (C=O) groups excluding carboxylic acids is 1. The van der Waals surface area contributed by atoms with Crippen LogP contribution in [0.5, 0.6) is 0 Å². The number of fused-ring (bicyclic) bond motifs is 1. The van der Waals surface area contributed by atoms with E-state index >= 15 is 0 Å². The molecule has 1 aliphatic carbocycles. The first kappa shape index (κ1) is 20.3. The first-order chi connectivity index (χ1) is 15.3. The zero-order valence-electron chi connectivity index (χ0n) is 18.2. The van der Waals surface area contributed by atoms with Gasteiger partial charge in [-0.05, 0) is 48.9 Å². The highest BCUT2D eigenvalue weighted by atomic mass is 16.2. The molecule has 31 heavy (non-hydrogen) atoms. The monoisotopic (exact) mass is 416 g/mol. The summed E-state index contributed by atoms with van der Waals surface area (Å²) in [6, 6.07) is 15.1. The van der Waals surface area contributed by atoms with Crippen LogP contribution in [0.1, 0.15) is 36.9 Å². The maximum Gasteiger partial charge on any atom is 0.227 e. The Morgan fingerprint density at radius 3 is 2.71 bits per heavy atom. The summed E-state index contributed by atoms with van der Waals surface area (Å²) in [5, 5.41) is 1.16. The summed E-state index contributed by atoms with van der Waals surface area (Å²) < 4.78 is 0. The molecule has 1 aliphatic heterocycles. The zero-order valence-corrected chi connectivity index (χ0v) is 18.2. The van der Waals surface area contributed by atoms with Crippen molar-refractivity contribution in [3.63, 3.8) is 0 Å². The molecule has 0 bridgehead atoms. The molecule has 1 N–H and O–H groups in total. The van der Waals surface area contributed by atoms with Crippen molar-refractivity contribution in [3.8, 4) is 0 Å². The fourth-order valence-corrected chi connectivity index (χ4v) is 5.46. The van der Waals surface area contributed by atoms with Crippen molar-refractivity contribution >= 4 is 16.8 Å². The second-order valence-electron chi connectivity index (χ2n) is 9.20. The highest BCUT2D eigenvalue weighted by molar-refractivity contribution is 5.88. The number of pyridine rings is 1. The SMILES string of the molecule is O=C(Cc1c[nH]c2ccccc12)N1CCN(C2CCCC2)CC(Cc2ccccn2)C1. The molecule has 3 aromatic rings. The van der Waals surface area contributed by atoms with Gasteiger partial charge in [-0.15, -0.1) is 0 Å². The molecule has 1 atom stereocenters. The Morgan fingerprint density at radius 1 is 1.03 bits per heavy atom. The number of para-hydroxylation sites is 1. The van der Waals surface area contributed by atoms with Crippen molar-refractivity contribution in [2.75, 3.05) is 26.2 Å². The van der Waals surface area contributed by atoms with E-state index in [2.05, 4.69) is 44.0 Å². The summed E-state index contributed by atoms with van der Waals surface area (Å²) in [6.07, 6.45) is 10.6. The third kappa shape index (κ3) is 4.67. The van der Waals surface area contributed by atoms with Gasteiger partial charge in [-0.25, -0.2) is 0 Å². The lowest BCUT2D eigenvalue weighted by Crippen LogP contribution is -2.39. The lowest BCUT2D eigenvalue weighted by atomic mass is 10.0. The van der Waals surface area contributed by atoms with Crippen molar-refractivity contribution < 1.29 is 4.79 Å². The van der Waals surface area contributed by atoms with Crippen molar-refractivity contribution in [2.45, 2.75) is 44.6 Å². The van der Waals surface area contributed by atoms with Crippen LogP contribution in [0.4, 0.5) is 0 Å². The number of amides is 1. The standard InChI is InChI=1S/C26H32N4O/c31-26(16-21-17-28-25-11-4-3-10-24(21)25)30-14-13-29(23-8-1-2-9-23)18-20(19-30)15-22-7-5-6-12-27-22/h3-7,10-12,17,20,23,28H,1-2,8-9,13-16,18-19H2. The molecular weight excluding hydrogens is 384 g/mol. The van der Waals surface area contributed by atoms with E-state index in [0.717, 1.165) is 54.8 Å². The third-order valence-corrected chi connectivity index (χ3v) is 7.06. The summed E-state index contributed by atoms with van der Waals surface area (Å²) in [7, 11) is 0. The van der Waals surface area contributed by atoms with Gasteiger partial charge in [-0.1, -0.05) is 37.1 Å². The Morgan fingerprint density at radius 2 is 1.87 bits per heavy atom. The molecule has 1 saturated heterocycles. The van der Waals surface area contributed by atoms with E-state index < -0.39 is 0 Å². The second kappa shape index (κ2) is 9.23. The molecule has 5 heteroatoms. The Hall–Kier alpha value is -2.66. The number of aromatic amines is 1. The molecule has 2 fully saturated rings. The van der Waals surface area contributed by atoms with Gasteiger partial charge in [0.2, 0.25) is 5.91 Å². The summed E-state index contributed by atoms with van der Waals surface area (Å²) in [5.74, 6) is 0.661. The average Bonchev–Trinajstić information content (AvgIpc) is 3.42. The zero-order chi connectivity index (χ0) is 21.0. The van der Waals surface area contributed by atoms with Gasteiger partial charge in [0.05, 0.1) is 6.42 Å². The number of carbonyl (C=O) groups is 1. The summed E-state index contributed by atoms with van der Waals surface area (Å²) >= 11 is 0. The molecule has 2 aliphatic rings. The van der Waals surface area contributed by atoms with Crippen LogP contribution in [0.25, 0.3) is 10.9 Å². The highest BCUT2D eigenvalue weighted by Crippen LogP contribution is 2.27. The average molecular weight is 417 g/mol. The largest absolute Gasteiger partial charge is 0.361 e. The Labute approximate surface area is 184 Å². The number of nitrogens with one attached hydrogen (secondary N) is 1.